The van der Waals surface area contributed by atoms with Crippen LogP contribution in [0.2, 0.25) is 0 Å². The summed E-state index contributed by atoms with van der Waals surface area (Å²) in [6.45, 7) is -0.492. The molecule has 1 heterocycles. The smallest absolute Gasteiger partial charge is 0.322 e. The normalized spacial score (nSPS) is 10.2. The first-order valence-corrected chi connectivity index (χ1v) is 5.20. The van der Waals surface area contributed by atoms with Gasteiger partial charge in [0.15, 0.2) is 0 Å². The van der Waals surface area contributed by atoms with Crippen LogP contribution < -0.4 is 10.9 Å². The topological polar surface area (TPSA) is 99.3 Å². The fourth-order valence-electron chi connectivity index (χ4n) is 1.58. The van der Waals surface area contributed by atoms with Crippen molar-refractivity contribution < 1.29 is 14.7 Å². The number of aromatic amines is 1. The third kappa shape index (κ3) is 2.37. The van der Waals surface area contributed by atoms with Gasteiger partial charge in [-0.2, -0.15) is 0 Å². The molecular weight excluding hydrogens is 236 g/mol. The summed E-state index contributed by atoms with van der Waals surface area (Å²) in [7, 11) is 0. The number of carboxylic acid groups (broad SMARTS) is 1. The number of hydrogen-bond donors (Lipinski definition) is 3. The van der Waals surface area contributed by atoms with Crippen molar-refractivity contribution in [2.75, 3.05) is 6.54 Å². The largest absolute Gasteiger partial charge is 0.480 e. The standard InChI is InChI=1S/C12H10N2O4/c15-10(16)6-13-12(18)9-5-7-3-1-2-4-8(7)11(17)14-9/h1-5H,6H2,(H,13,18)(H,14,17)(H,15,16). The highest BCUT2D eigenvalue weighted by molar-refractivity contribution is 5.97. The number of aromatic nitrogens is 1. The number of amides is 1. The van der Waals surface area contributed by atoms with Gasteiger partial charge in [-0.15, -0.1) is 0 Å². The van der Waals surface area contributed by atoms with Crippen LogP contribution in [-0.2, 0) is 4.79 Å². The van der Waals surface area contributed by atoms with E-state index in [1.165, 1.54) is 6.07 Å². The molecule has 0 aliphatic heterocycles. The summed E-state index contributed by atoms with van der Waals surface area (Å²) in [5.41, 5.74) is -0.339. The fraction of sp³-hybridized carbons (Fsp3) is 0.0833. The zero-order chi connectivity index (χ0) is 13.1. The van der Waals surface area contributed by atoms with Crippen molar-refractivity contribution in [1.82, 2.24) is 10.3 Å². The first kappa shape index (κ1) is 11.8. The van der Waals surface area contributed by atoms with Gasteiger partial charge < -0.3 is 15.4 Å². The zero-order valence-electron chi connectivity index (χ0n) is 9.27. The number of H-pyrrole nitrogens is 1. The molecule has 6 heteroatoms. The van der Waals surface area contributed by atoms with Crippen LogP contribution in [0.4, 0.5) is 0 Å². The van der Waals surface area contributed by atoms with E-state index in [2.05, 4.69) is 10.3 Å². The molecule has 3 N–H and O–H groups in total. The van der Waals surface area contributed by atoms with Gasteiger partial charge in [-0.3, -0.25) is 14.4 Å². The number of nitrogens with one attached hydrogen (secondary N) is 2. The maximum absolute atomic E-state index is 11.7. The molecule has 0 aliphatic carbocycles. The Bertz CT molecular complexity index is 675. The molecule has 1 aromatic heterocycles. The molecular formula is C12H10N2O4. The maximum atomic E-state index is 11.7. The highest BCUT2D eigenvalue weighted by atomic mass is 16.4. The quantitative estimate of drug-likeness (QED) is 0.727. The van der Waals surface area contributed by atoms with E-state index in [0.717, 1.165) is 0 Å². The highest BCUT2D eigenvalue weighted by Gasteiger charge is 2.10. The van der Waals surface area contributed by atoms with Crippen molar-refractivity contribution in [1.29, 1.82) is 0 Å². The Hall–Kier alpha value is -2.63. The van der Waals surface area contributed by atoms with Gasteiger partial charge in [-0.1, -0.05) is 18.2 Å². The molecule has 0 aliphatic rings. The van der Waals surface area contributed by atoms with Crippen molar-refractivity contribution in [3.8, 4) is 0 Å². The molecule has 0 saturated carbocycles. The van der Waals surface area contributed by atoms with Crippen LogP contribution in [0.5, 0.6) is 0 Å². The zero-order valence-corrected chi connectivity index (χ0v) is 9.27. The van der Waals surface area contributed by atoms with Crippen LogP contribution in [0.3, 0.4) is 0 Å². The van der Waals surface area contributed by atoms with Crippen LogP contribution in [0.15, 0.2) is 35.1 Å². The van der Waals surface area contributed by atoms with Crippen molar-refractivity contribution in [2.45, 2.75) is 0 Å². The number of benzene rings is 1. The molecule has 0 bridgehead atoms. The van der Waals surface area contributed by atoms with Crippen LogP contribution >= 0.6 is 0 Å². The average molecular weight is 246 g/mol. The number of hydrogen-bond acceptors (Lipinski definition) is 3. The Kier molecular flexibility index (Phi) is 3.09. The summed E-state index contributed by atoms with van der Waals surface area (Å²) >= 11 is 0. The third-order valence-electron chi connectivity index (χ3n) is 2.40. The Morgan fingerprint density at radius 2 is 2.00 bits per heavy atom. The molecule has 0 saturated heterocycles. The van der Waals surface area contributed by atoms with Crippen molar-refractivity contribution in [2.24, 2.45) is 0 Å². The second kappa shape index (κ2) is 4.70. The summed E-state index contributed by atoms with van der Waals surface area (Å²) in [5, 5.41) is 11.7. The lowest BCUT2D eigenvalue weighted by Crippen LogP contribution is -2.31. The average Bonchev–Trinajstić information content (AvgIpc) is 2.36. The predicted molar refractivity (Wildman–Crippen MR) is 64.5 cm³/mol. The van der Waals surface area contributed by atoms with Gasteiger partial charge in [0.1, 0.15) is 12.2 Å². The Morgan fingerprint density at radius 3 is 2.72 bits per heavy atom. The molecule has 0 unspecified atom stereocenters. The molecule has 1 amide bonds. The molecule has 92 valence electrons. The number of rotatable bonds is 3. The van der Waals surface area contributed by atoms with Gasteiger partial charge in [-0.05, 0) is 17.5 Å². The minimum atomic E-state index is -1.15. The Labute approximate surface area is 101 Å². The van der Waals surface area contributed by atoms with E-state index in [0.29, 0.717) is 10.8 Å². The van der Waals surface area contributed by atoms with Crippen molar-refractivity contribution in [3.05, 3.63) is 46.4 Å². The number of aliphatic carboxylic acids is 1. The first-order chi connectivity index (χ1) is 8.58. The molecule has 1 aromatic carbocycles. The Balaban J connectivity index is 2.37. The summed E-state index contributed by atoms with van der Waals surface area (Å²) in [6, 6.07) is 8.34. The lowest BCUT2D eigenvalue weighted by molar-refractivity contribution is -0.135. The van der Waals surface area contributed by atoms with Crippen LogP contribution in [0, 0.1) is 0 Å². The molecule has 18 heavy (non-hydrogen) atoms. The summed E-state index contributed by atoms with van der Waals surface area (Å²) in [6.07, 6.45) is 0. The van der Waals surface area contributed by atoms with E-state index in [9.17, 15) is 14.4 Å². The molecule has 0 spiro atoms. The summed E-state index contributed by atoms with van der Waals surface area (Å²) < 4.78 is 0. The Morgan fingerprint density at radius 1 is 1.28 bits per heavy atom. The van der Waals surface area contributed by atoms with Gasteiger partial charge in [0.25, 0.3) is 11.5 Å². The van der Waals surface area contributed by atoms with Gasteiger partial charge in [0.05, 0.1) is 0 Å². The second-order valence-electron chi connectivity index (χ2n) is 3.68. The molecule has 2 aromatic rings. The van der Waals surface area contributed by atoms with E-state index < -0.39 is 18.4 Å². The fourth-order valence-corrected chi connectivity index (χ4v) is 1.58. The maximum Gasteiger partial charge on any atom is 0.322 e. The number of carboxylic acids is 1. The highest BCUT2D eigenvalue weighted by Crippen LogP contribution is 2.09. The molecule has 0 fully saturated rings. The molecule has 0 atom stereocenters. The van der Waals surface area contributed by atoms with Gasteiger partial charge >= 0.3 is 5.97 Å². The van der Waals surface area contributed by atoms with E-state index in [1.807, 2.05) is 0 Å². The van der Waals surface area contributed by atoms with E-state index in [1.54, 1.807) is 24.3 Å². The van der Waals surface area contributed by atoms with Crippen molar-refractivity contribution >= 4 is 22.6 Å². The SMILES string of the molecule is O=C(O)CNC(=O)c1cc2ccccc2c(=O)[nH]1. The van der Waals surface area contributed by atoms with Gasteiger partial charge in [0.2, 0.25) is 0 Å². The van der Waals surface area contributed by atoms with Crippen molar-refractivity contribution in [3.63, 3.8) is 0 Å². The van der Waals surface area contributed by atoms with Gasteiger partial charge in [0, 0.05) is 5.39 Å². The van der Waals surface area contributed by atoms with Crippen LogP contribution in [0.25, 0.3) is 10.8 Å². The second-order valence-corrected chi connectivity index (χ2v) is 3.68. The van der Waals surface area contributed by atoms with Gasteiger partial charge in [-0.25, -0.2) is 0 Å². The van der Waals surface area contributed by atoms with E-state index in [-0.39, 0.29) is 11.3 Å². The lowest BCUT2D eigenvalue weighted by Gasteiger charge is -2.03. The lowest BCUT2D eigenvalue weighted by atomic mass is 10.1. The monoisotopic (exact) mass is 246 g/mol. The van der Waals surface area contributed by atoms with E-state index >= 15 is 0 Å². The number of carbonyl (C=O) groups is 2. The van der Waals surface area contributed by atoms with E-state index in [4.69, 9.17) is 5.11 Å². The van der Waals surface area contributed by atoms with Crippen LogP contribution in [-0.4, -0.2) is 28.5 Å². The number of carbonyl (C=O) groups excluding carboxylic acids is 1. The summed E-state index contributed by atoms with van der Waals surface area (Å²) in [4.78, 5) is 36.0. The summed E-state index contributed by atoms with van der Waals surface area (Å²) in [5.74, 6) is -1.77. The molecule has 6 nitrogen and oxygen atoms in total. The predicted octanol–water partition coefficient (Wildman–Crippen LogP) is 0.342. The minimum absolute atomic E-state index is 0.0416. The van der Waals surface area contributed by atoms with Crippen LogP contribution in [0.1, 0.15) is 10.5 Å². The number of fused-ring (bicyclic) bond motifs is 1. The third-order valence-corrected chi connectivity index (χ3v) is 2.40. The minimum Gasteiger partial charge on any atom is -0.480 e. The molecule has 2 rings (SSSR count). The molecule has 0 radical (unpaired) electrons. The first-order valence-electron chi connectivity index (χ1n) is 5.20. The number of pyridine rings is 1.